The normalized spacial score (nSPS) is 19.8. The zero-order valence-electron chi connectivity index (χ0n) is 15.0. The number of carbonyl (C=O) groups is 1. The third-order valence-corrected chi connectivity index (χ3v) is 5.80. The maximum Gasteiger partial charge on any atom is 0.276 e. The minimum absolute atomic E-state index is 0.0364. The van der Waals surface area contributed by atoms with Gasteiger partial charge in [0.2, 0.25) is 0 Å². The fourth-order valence-corrected chi connectivity index (χ4v) is 4.71. The van der Waals surface area contributed by atoms with E-state index in [0.717, 1.165) is 34.8 Å². The molecular weight excluding hydrogens is 463 g/mol. The summed E-state index contributed by atoms with van der Waals surface area (Å²) in [5, 5.41) is 3.61. The van der Waals surface area contributed by atoms with Gasteiger partial charge in [0.05, 0.1) is 17.3 Å². The Morgan fingerprint density at radius 1 is 1.35 bits per heavy atom. The van der Waals surface area contributed by atoms with Crippen LogP contribution in [0.5, 0.6) is 11.5 Å². The summed E-state index contributed by atoms with van der Waals surface area (Å²) < 4.78 is 12.0. The molecule has 2 fully saturated rings. The second-order valence-corrected chi connectivity index (χ2v) is 7.97. The van der Waals surface area contributed by atoms with Crippen LogP contribution >= 0.6 is 34.8 Å². The molecule has 1 aromatic carbocycles. The number of rotatable bonds is 5. The van der Waals surface area contributed by atoms with Gasteiger partial charge in [-0.05, 0) is 78.3 Å². The molecule has 2 aliphatic rings. The van der Waals surface area contributed by atoms with E-state index in [-0.39, 0.29) is 11.9 Å². The zero-order valence-corrected chi connectivity index (χ0v) is 18.0. The topological polar surface area (TPSA) is 50.8 Å². The Kier molecular flexibility index (Phi) is 6.39. The lowest BCUT2D eigenvalue weighted by Gasteiger charge is -2.29. The predicted octanol–water partition coefficient (Wildman–Crippen LogP) is 4.09. The van der Waals surface area contributed by atoms with Crippen molar-refractivity contribution in [1.82, 2.24) is 10.2 Å². The Morgan fingerprint density at radius 2 is 2.08 bits per heavy atom. The number of nitrogens with one attached hydrogen (secondary N) is 1. The van der Waals surface area contributed by atoms with Crippen molar-refractivity contribution in [2.24, 2.45) is 0 Å². The zero-order chi connectivity index (χ0) is 18.7. The van der Waals surface area contributed by atoms with Crippen LogP contribution < -0.4 is 14.8 Å². The second kappa shape index (κ2) is 8.56. The molecule has 1 heterocycles. The second-order valence-electron chi connectivity index (χ2n) is 6.42. The predicted molar refractivity (Wildman–Crippen MR) is 114 cm³/mol. The standard InChI is InChI=1S/C19H23IN2O3S/c1-3-25-16-11-12(9-14(20)17(16)24-2)10-15-18(23)22(19(26)21-15)13-7-5-4-6-8-13/h9-11,13H,3-8H2,1-2H3,(H,21,26)/b15-10-. The monoisotopic (exact) mass is 486 g/mol. The van der Waals surface area contributed by atoms with Gasteiger partial charge >= 0.3 is 0 Å². The summed E-state index contributed by atoms with van der Waals surface area (Å²) in [4.78, 5) is 14.7. The first kappa shape index (κ1) is 19.4. The Hall–Kier alpha value is -1.35. The average molecular weight is 486 g/mol. The van der Waals surface area contributed by atoms with Crippen molar-refractivity contribution < 1.29 is 14.3 Å². The van der Waals surface area contributed by atoms with Crippen LogP contribution in [0.25, 0.3) is 6.08 Å². The molecule has 0 radical (unpaired) electrons. The molecule has 0 atom stereocenters. The van der Waals surface area contributed by atoms with Crippen LogP contribution in [0.2, 0.25) is 0 Å². The highest BCUT2D eigenvalue weighted by Crippen LogP contribution is 2.35. The lowest BCUT2D eigenvalue weighted by Crippen LogP contribution is -2.41. The highest BCUT2D eigenvalue weighted by molar-refractivity contribution is 14.1. The summed E-state index contributed by atoms with van der Waals surface area (Å²) in [6.07, 6.45) is 7.44. The maximum absolute atomic E-state index is 12.9. The summed E-state index contributed by atoms with van der Waals surface area (Å²) in [7, 11) is 1.63. The van der Waals surface area contributed by atoms with Gasteiger partial charge in [-0.25, -0.2) is 0 Å². The van der Waals surface area contributed by atoms with Crippen LogP contribution in [0.15, 0.2) is 17.8 Å². The number of benzene rings is 1. The minimum atomic E-state index is -0.0364. The summed E-state index contributed by atoms with van der Waals surface area (Å²) in [6.45, 7) is 2.48. The van der Waals surface area contributed by atoms with Gasteiger partial charge in [-0.1, -0.05) is 19.3 Å². The molecule has 3 rings (SSSR count). The number of hydrogen-bond donors (Lipinski definition) is 1. The van der Waals surface area contributed by atoms with Gasteiger partial charge in [-0.15, -0.1) is 0 Å². The highest BCUT2D eigenvalue weighted by atomic mass is 127. The van der Waals surface area contributed by atoms with Crippen molar-refractivity contribution in [2.75, 3.05) is 13.7 Å². The van der Waals surface area contributed by atoms with E-state index in [1.54, 1.807) is 12.0 Å². The summed E-state index contributed by atoms with van der Waals surface area (Å²) >= 11 is 7.64. The quantitative estimate of drug-likeness (QED) is 0.386. The number of nitrogens with zero attached hydrogens (tertiary/aromatic N) is 1. The van der Waals surface area contributed by atoms with Crippen molar-refractivity contribution in [1.29, 1.82) is 0 Å². The number of thiocarbonyl (C=S) groups is 1. The van der Waals surface area contributed by atoms with Gasteiger partial charge in [-0.2, -0.15) is 0 Å². The van der Waals surface area contributed by atoms with Crippen LogP contribution in [0, 0.1) is 3.57 Å². The number of methoxy groups -OCH3 is 1. The molecule has 1 aliphatic carbocycles. The molecule has 0 bridgehead atoms. The van der Waals surface area contributed by atoms with Crippen molar-refractivity contribution in [3.05, 3.63) is 27.0 Å². The third-order valence-electron chi connectivity index (χ3n) is 4.70. The Labute approximate surface area is 173 Å². The molecule has 1 amide bonds. The van der Waals surface area contributed by atoms with Crippen LogP contribution in [0.3, 0.4) is 0 Å². The molecule has 0 unspecified atom stereocenters. The van der Waals surface area contributed by atoms with Crippen molar-refractivity contribution in [3.8, 4) is 11.5 Å². The average Bonchev–Trinajstić information content (AvgIpc) is 2.89. The van der Waals surface area contributed by atoms with E-state index in [1.807, 2.05) is 25.1 Å². The highest BCUT2D eigenvalue weighted by Gasteiger charge is 2.36. The van der Waals surface area contributed by atoms with Crippen LogP contribution in [-0.2, 0) is 4.79 Å². The molecule has 1 saturated carbocycles. The lowest BCUT2D eigenvalue weighted by molar-refractivity contribution is -0.124. The van der Waals surface area contributed by atoms with Gasteiger partial charge in [0.25, 0.3) is 5.91 Å². The maximum atomic E-state index is 12.9. The Morgan fingerprint density at radius 3 is 2.73 bits per heavy atom. The first-order valence-electron chi connectivity index (χ1n) is 8.91. The van der Waals surface area contributed by atoms with Crippen molar-refractivity contribution >= 4 is 51.9 Å². The van der Waals surface area contributed by atoms with E-state index >= 15 is 0 Å². The van der Waals surface area contributed by atoms with E-state index in [4.69, 9.17) is 21.7 Å². The van der Waals surface area contributed by atoms with E-state index < -0.39 is 0 Å². The van der Waals surface area contributed by atoms with Crippen LogP contribution in [0.4, 0.5) is 0 Å². The number of ether oxygens (including phenoxy) is 2. The van der Waals surface area contributed by atoms with E-state index in [0.29, 0.717) is 28.9 Å². The SMILES string of the molecule is CCOc1cc(/C=C2\NC(=S)N(C3CCCCC3)C2=O)cc(I)c1OC. The Balaban J connectivity index is 1.88. The molecule has 7 heteroatoms. The van der Waals surface area contributed by atoms with Gasteiger partial charge in [0, 0.05) is 6.04 Å². The van der Waals surface area contributed by atoms with E-state index in [1.165, 1.54) is 6.42 Å². The fraction of sp³-hybridized carbons (Fsp3) is 0.474. The molecule has 0 spiro atoms. The first-order valence-corrected chi connectivity index (χ1v) is 10.4. The van der Waals surface area contributed by atoms with Gasteiger partial charge < -0.3 is 14.8 Å². The van der Waals surface area contributed by atoms with Crippen LogP contribution in [0.1, 0.15) is 44.6 Å². The largest absolute Gasteiger partial charge is 0.492 e. The van der Waals surface area contributed by atoms with Crippen molar-refractivity contribution in [2.45, 2.75) is 45.1 Å². The van der Waals surface area contributed by atoms with E-state index in [9.17, 15) is 4.79 Å². The van der Waals surface area contributed by atoms with Crippen molar-refractivity contribution in [3.63, 3.8) is 0 Å². The first-order chi connectivity index (χ1) is 12.5. The fourth-order valence-electron chi connectivity index (χ4n) is 3.52. The third kappa shape index (κ3) is 3.98. The molecule has 1 saturated heterocycles. The smallest absolute Gasteiger partial charge is 0.276 e. The molecule has 5 nitrogen and oxygen atoms in total. The summed E-state index contributed by atoms with van der Waals surface area (Å²) in [6, 6.07) is 4.08. The minimum Gasteiger partial charge on any atom is -0.492 e. The molecule has 0 aromatic heterocycles. The molecular formula is C19H23IN2O3S. The number of halogens is 1. The molecule has 26 heavy (non-hydrogen) atoms. The molecule has 1 aliphatic heterocycles. The molecule has 140 valence electrons. The number of hydrogen-bond acceptors (Lipinski definition) is 4. The van der Waals surface area contributed by atoms with E-state index in [2.05, 4.69) is 27.9 Å². The summed E-state index contributed by atoms with van der Waals surface area (Å²) in [5.41, 5.74) is 1.40. The molecule has 1 aromatic rings. The summed E-state index contributed by atoms with van der Waals surface area (Å²) in [5.74, 6) is 1.34. The lowest BCUT2D eigenvalue weighted by atomic mass is 9.94. The van der Waals surface area contributed by atoms with Gasteiger partial charge in [0.1, 0.15) is 5.70 Å². The van der Waals surface area contributed by atoms with Gasteiger partial charge in [0.15, 0.2) is 16.6 Å². The van der Waals surface area contributed by atoms with Gasteiger partial charge in [-0.3, -0.25) is 9.69 Å². The van der Waals surface area contributed by atoms with Crippen LogP contribution in [-0.4, -0.2) is 35.7 Å². The number of amides is 1. The Bertz CT molecular complexity index is 745. The molecule has 1 N–H and O–H groups in total. The number of carbonyl (C=O) groups excluding carboxylic acids is 1.